The van der Waals surface area contributed by atoms with Gasteiger partial charge in [-0.15, -0.1) is 0 Å². The Labute approximate surface area is 123 Å². The molecule has 2 N–H and O–H groups in total. The van der Waals surface area contributed by atoms with Gasteiger partial charge in [0.25, 0.3) is 0 Å². The average Bonchev–Trinajstić information content (AvgIpc) is 2.76. The molecule has 0 radical (unpaired) electrons. The number of nitrogens with one attached hydrogen (secondary N) is 2. The minimum absolute atomic E-state index is 0.0216. The smallest absolute Gasteiger partial charge is 0.228 e. The van der Waals surface area contributed by atoms with Crippen LogP contribution >= 0.6 is 0 Å². The van der Waals surface area contributed by atoms with Crippen molar-refractivity contribution < 1.29 is 4.79 Å². The van der Waals surface area contributed by atoms with Gasteiger partial charge in [0, 0.05) is 34.7 Å². The lowest BCUT2D eigenvalue weighted by Gasteiger charge is -2.05. The van der Waals surface area contributed by atoms with Crippen LogP contribution in [-0.4, -0.2) is 15.9 Å². The Hall–Kier alpha value is -2.62. The molecule has 4 heteroatoms. The van der Waals surface area contributed by atoms with Crippen LogP contribution in [0.15, 0.2) is 42.7 Å². The summed E-state index contributed by atoms with van der Waals surface area (Å²) < 4.78 is 0. The molecule has 1 aromatic carbocycles. The highest BCUT2D eigenvalue weighted by atomic mass is 16.1. The highest BCUT2D eigenvalue weighted by molar-refractivity contribution is 5.96. The minimum atomic E-state index is -0.0216. The fourth-order valence-electron chi connectivity index (χ4n) is 2.53. The van der Waals surface area contributed by atoms with Gasteiger partial charge in [-0.3, -0.25) is 9.78 Å². The lowest BCUT2D eigenvalue weighted by molar-refractivity contribution is -0.115. The monoisotopic (exact) mass is 279 g/mol. The molecule has 0 saturated heterocycles. The number of amides is 1. The standard InChI is InChI=1S/C17H17N3O/c1-11-3-4-16-15(9-11)14(12(2)19-16)10-17(21)20-13-5-7-18-8-6-13/h3-9,19H,10H2,1-2H3,(H,18,20,21). The van der Waals surface area contributed by atoms with Crippen LogP contribution in [0, 0.1) is 13.8 Å². The normalized spacial score (nSPS) is 10.8. The molecule has 3 aromatic rings. The molecule has 0 aliphatic rings. The molecule has 0 fully saturated rings. The minimum Gasteiger partial charge on any atom is -0.358 e. The molecule has 21 heavy (non-hydrogen) atoms. The van der Waals surface area contributed by atoms with E-state index in [1.807, 2.05) is 6.92 Å². The van der Waals surface area contributed by atoms with Crippen molar-refractivity contribution in [2.45, 2.75) is 20.3 Å². The van der Waals surface area contributed by atoms with Crippen molar-refractivity contribution in [2.75, 3.05) is 5.32 Å². The van der Waals surface area contributed by atoms with Crippen LogP contribution in [0.25, 0.3) is 10.9 Å². The molecule has 0 saturated carbocycles. The Morgan fingerprint density at radius 2 is 1.95 bits per heavy atom. The first-order valence-electron chi connectivity index (χ1n) is 6.91. The summed E-state index contributed by atoms with van der Waals surface area (Å²) in [6.07, 6.45) is 3.68. The van der Waals surface area contributed by atoms with Gasteiger partial charge >= 0.3 is 0 Å². The van der Waals surface area contributed by atoms with E-state index in [0.29, 0.717) is 6.42 Å². The predicted octanol–water partition coefficient (Wildman–Crippen LogP) is 3.36. The van der Waals surface area contributed by atoms with Crippen molar-refractivity contribution in [1.82, 2.24) is 9.97 Å². The maximum Gasteiger partial charge on any atom is 0.228 e. The lowest BCUT2D eigenvalue weighted by atomic mass is 10.1. The van der Waals surface area contributed by atoms with E-state index in [1.54, 1.807) is 24.5 Å². The molecule has 2 heterocycles. The van der Waals surface area contributed by atoms with E-state index in [2.05, 4.69) is 40.4 Å². The van der Waals surface area contributed by atoms with Crippen molar-refractivity contribution in [1.29, 1.82) is 0 Å². The Morgan fingerprint density at radius 1 is 1.19 bits per heavy atom. The number of H-pyrrole nitrogens is 1. The number of aryl methyl sites for hydroxylation is 2. The number of aromatic nitrogens is 2. The highest BCUT2D eigenvalue weighted by Gasteiger charge is 2.12. The Bertz CT molecular complexity index is 790. The van der Waals surface area contributed by atoms with Gasteiger partial charge < -0.3 is 10.3 Å². The van der Waals surface area contributed by atoms with Crippen LogP contribution in [-0.2, 0) is 11.2 Å². The van der Waals surface area contributed by atoms with E-state index in [0.717, 1.165) is 27.8 Å². The molecule has 0 aliphatic carbocycles. The number of carbonyl (C=O) groups is 1. The van der Waals surface area contributed by atoms with Gasteiger partial charge in [-0.05, 0) is 43.7 Å². The third-order valence-electron chi connectivity index (χ3n) is 3.58. The maximum absolute atomic E-state index is 12.2. The second-order valence-corrected chi connectivity index (χ2v) is 5.24. The second kappa shape index (κ2) is 5.40. The average molecular weight is 279 g/mol. The van der Waals surface area contributed by atoms with Crippen LogP contribution in [0.4, 0.5) is 5.69 Å². The fourth-order valence-corrected chi connectivity index (χ4v) is 2.53. The molecule has 106 valence electrons. The van der Waals surface area contributed by atoms with Crippen molar-refractivity contribution in [3.05, 3.63) is 59.5 Å². The molecule has 2 aromatic heterocycles. The first-order chi connectivity index (χ1) is 10.1. The van der Waals surface area contributed by atoms with Crippen LogP contribution in [0.3, 0.4) is 0 Å². The van der Waals surface area contributed by atoms with Crippen molar-refractivity contribution in [3.8, 4) is 0 Å². The number of aromatic amines is 1. The van der Waals surface area contributed by atoms with Crippen LogP contribution in [0.5, 0.6) is 0 Å². The zero-order valence-corrected chi connectivity index (χ0v) is 12.1. The number of hydrogen-bond donors (Lipinski definition) is 2. The maximum atomic E-state index is 12.2. The molecule has 0 spiro atoms. The summed E-state index contributed by atoms with van der Waals surface area (Å²) in [5.41, 5.74) is 5.13. The summed E-state index contributed by atoms with van der Waals surface area (Å²) in [6, 6.07) is 9.81. The number of rotatable bonds is 3. The molecule has 0 aliphatic heterocycles. The molecular formula is C17H17N3O. The second-order valence-electron chi connectivity index (χ2n) is 5.24. The number of pyridine rings is 1. The SMILES string of the molecule is Cc1ccc2[nH]c(C)c(CC(=O)Nc3ccncc3)c2c1. The van der Waals surface area contributed by atoms with Crippen molar-refractivity contribution in [3.63, 3.8) is 0 Å². The Balaban J connectivity index is 1.86. The van der Waals surface area contributed by atoms with Crippen LogP contribution in [0.1, 0.15) is 16.8 Å². The molecule has 0 bridgehead atoms. The Kier molecular flexibility index (Phi) is 3.44. The van der Waals surface area contributed by atoms with Gasteiger partial charge in [-0.2, -0.15) is 0 Å². The molecule has 4 nitrogen and oxygen atoms in total. The number of anilines is 1. The van der Waals surface area contributed by atoms with Gasteiger partial charge in [-0.25, -0.2) is 0 Å². The first-order valence-corrected chi connectivity index (χ1v) is 6.91. The summed E-state index contributed by atoms with van der Waals surface area (Å²) in [7, 11) is 0. The zero-order valence-electron chi connectivity index (χ0n) is 12.1. The summed E-state index contributed by atoms with van der Waals surface area (Å²) in [5.74, 6) is -0.0216. The van der Waals surface area contributed by atoms with Gasteiger partial charge in [-0.1, -0.05) is 11.6 Å². The van der Waals surface area contributed by atoms with E-state index in [4.69, 9.17) is 0 Å². The predicted molar refractivity (Wildman–Crippen MR) is 84.3 cm³/mol. The van der Waals surface area contributed by atoms with E-state index in [1.165, 1.54) is 5.56 Å². The third kappa shape index (κ3) is 2.79. The Morgan fingerprint density at radius 3 is 2.71 bits per heavy atom. The molecule has 0 atom stereocenters. The lowest BCUT2D eigenvalue weighted by Crippen LogP contribution is -2.14. The van der Waals surface area contributed by atoms with E-state index in [-0.39, 0.29) is 5.91 Å². The summed E-state index contributed by atoms with van der Waals surface area (Å²) in [6.45, 7) is 4.06. The molecule has 0 unspecified atom stereocenters. The topological polar surface area (TPSA) is 57.8 Å². The van der Waals surface area contributed by atoms with Gasteiger partial charge in [0.1, 0.15) is 0 Å². The van der Waals surface area contributed by atoms with Crippen molar-refractivity contribution >= 4 is 22.5 Å². The van der Waals surface area contributed by atoms with E-state index >= 15 is 0 Å². The summed E-state index contributed by atoms with van der Waals surface area (Å²) in [4.78, 5) is 19.5. The highest BCUT2D eigenvalue weighted by Crippen LogP contribution is 2.24. The molecule has 3 rings (SSSR count). The van der Waals surface area contributed by atoms with Gasteiger partial charge in [0.15, 0.2) is 0 Å². The fraction of sp³-hybridized carbons (Fsp3) is 0.176. The summed E-state index contributed by atoms with van der Waals surface area (Å²) >= 11 is 0. The quantitative estimate of drug-likeness (QED) is 0.772. The van der Waals surface area contributed by atoms with E-state index in [9.17, 15) is 4.79 Å². The van der Waals surface area contributed by atoms with Crippen molar-refractivity contribution in [2.24, 2.45) is 0 Å². The molecular weight excluding hydrogens is 262 g/mol. The number of fused-ring (bicyclic) bond motifs is 1. The number of hydrogen-bond acceptors (Lipinski definition) is 2. The van der Waals surface area contributed by atoms with Crippen LogP contribution in [0.2, 0.25) is 0 Å². The van der Waals surface area contributed by atoms with E-state index < -0.39 is 0 Å². The first kappa shape index (κ1) is 13.4. The number of carbonyl (C=O) groups excluding carboxylic acids is 1. The third-order valence-corrected chi connectivity index (χ3v) is 3.58. The van der Waals surface area contributed by atoms with Gasteiger partial charge in [0.05, 0.1) is 6.42 Å². The largest absolute Gasteiger partial charge is 0.358 e. The van der Waals surface area contributed by atoms with Gasteiger partial charge in [0.2, 0.25) is 5.91 Å². The zero-order chi connectivity index (χ0) is 14.8. The summed E-state index contributed by atoms with van der Waals surface area (Å²) in [5, 5.41) is 4.02. The van der Waals surface area contributed by atoms with Crippen LogP contribution < -0.4 is 5.32 Å². The molecule has 1 amide bonds. The number of benzene rings is 1. The number of nitrogens with zero attached hydrogens (tertiary/aromatic N) is 1.